The van der Waals surface area contributed by atoms with Crippen molar-refractivity contribution in [2.75, 3.05) is 40.3 Å². The minimum absolute atomic E-state index is 0.661. The summed E-state index contributed by atoms with van der Waals surface area (Å²) in [6.07, 6.45) is 0. The number of nitrogens with zero attached hydrogens (tertiary/aromatic N) is 2. The second-order valence-electron chi connectivity index (χ2n) is 4.26. The fourth-order valence-corrected chi connectivity index (χ4v) is 2.22. The highest BCUT2D eigenvalue weighted by atomic mass is 15.3. The van der Waals surface area contributed by atoms with Crippen LogP contribution >= 0.6 is 0 Å². The zero-order valence-corrected chi connectivity index (χ0v) is 9.38. The van der Waals surface area contributed by atoms with Crippen LogP contribution in [0.5, 0.6) is 0 Å². The van der Waals surface area contributed by atoms with Crippen LogP contribution in [-0.4, -0.2) is 62.2 Å². The molecule has 2 atom stereocenters. The predicted molar refractivity (Wildman–Crippen MR) is 57.1 cm³/mol. The number of hydrogen-bond donors (Lipinski definition) is 1. The summed E-state index contributed by atoms with van der Waals surface area (Å²) in [5.74, 6) is 0. The van der Waals surface area contributed by atoms with Crippen LogP contribution in [-0.2, 0) is 0 Å². The molecule has 1 N–H and O–H groups in total. The molecule has 78 valence electrons. The molecule has 1 saturated heterocycles. The average molecular weight is 185 g/mol. The van der Waals surface area contributed by atoms with Crippen LogP contribution in [0.25, 0.3) is 0 Å². The Morgan fingerprint density at radius 2 is 2.15 bits per heavy atom. The first kappa shape index (κ1) is 11.0. The van der Waals surface area contributed by atoms with Crippen LogP contribution in [0.1, 0.15) is 13.8 Å². The van der Waals surface area contributed by atoms with Crippen LogP contribution in [0.2, 0.25) is 0 Å². The molecule has 0 aromatic heterocycles. The van der Waals surface area contributed by atoms with Gasteiger partial charge in [0.2, 0.25) is 0 Å². The maximum atomic E-state index is 3.24. The van der Waals surface area contributed by atoms with Gasteiger partial charge in [0.1, 0.15) is 0 Å². The molecular weight excluding hydrogens is 162 g/mol. The van der Waals surface area contributed by atoms with Gasteiger partial charge in [-0.2, -0.15) is 0 Å². The summed E-state index contributed by atoms with van der Waals surface area (Å²) >= 11 is 0. The van der Waals surface area contributed by atoms with Gasteiger partial charge < -0.3 is 10.2 Å². The molecule has 2 unspecified atom stereocenters. The lowest BCUT2D eigenvalue weighted by atomic mass is 10.1. The van der Waals surface area contributed by atoms with E-state index in [-0.39, 0.29) is 0 Å². The van der Waals surface area contributed by atoms with Crippen LogP contribution < -0.4 is 5.32 Å². The highest BCUT2D eigenvalue weighted by molar-refractivity contribution is 4.81. The molecule has 1 heterocycles. The molecule has 3 heteroatoms. The molecule has 1 aliphatic heterocycles. The molecule has 1 fully saturated rings. The van der Waals surface area contributed by atoms with Crippen LogP contribution in [0.15, 0.2) is 0 Å². The lowest BCUT2D eigenvalue weighted by Crippen LogP contribution is -2.55. The molecule has 0 radical (unpaired) electrons. The van der Waals surface area contributed by atoms with Gasteiger partial charge in [-0.25, -0.2) is 0 Å². The molecule has 1 aliphatic rings. The van der Waals surface area contributed by atoms with Crippen LogP contribution in [0, 0.1) is 0 Å². The number of rotatable bonds is 3. The molecule has 0 bridgehead atoms. The minimum Gasteiger partial charge on any atom is -0.318 e. The second kappa shape index (κ2) is 4.94. The van der Waals surface area contributed by atoms with Crippen molar-refractivity contribution in [3.63, 3.8) is 0 Å². The lowest BCUT2D eigenvalue weighted by molar-refractivity contribution is 0.0681. The van der Waals surface area contributed by atoms with Gasteiger partial charge in [0.25, 0.3) is 0 Å². The van der Waals surface area contributed by atoms with Crippen LogP contribution in [0.4, 0.5) is 0 Å². The SMILES string of the molecule is CNCC(C)N1CCN(C)CC1C. The summed E-state index contributed by atoms with van der Waals surface area (Å²) < 4.78 is 0. The second-order valence-corrected chi connectivity index (χ2v) is 4.26. The Hall–Kier alpha value is -0.120. The van der Waals surface area contributed by atoms with Crippen molar-refractivity contribution in [3.05, 3.63) is 0 Å². The van der Waals surface area contributed by atoms with E-state index in [2.05, 4.69) is 36.0 Å². The monoisotopic (exact) mass is 185 g/mol. The Kier molecular flexibility index (Phi) is 4.16. The van der Waals surface area contributed by atoms with Crippen molar-refractivity contribution in [1.82, 2.24) is 15.1 Å². The summed E-state index contributed by atoms with van der Waals surface area (Å²) in [5.41, 5.74) is 0. The molecular formula is C10H23N3. The summed E-state index contributed by atoms with van der Waals surface area (Å²) in [6.45, 7) is 9.33. The first-order valence-electron chi connectivity index (χ1n) is 5.24. The van der Waals surface area contributed by atoms with Crippen molar-refractivity contribution >= 4 is 0 Å². The summed E-state index contributed by atoms with van der Waals surface area (Å²) in [7, 11) is 4.23. The maximum absolute atomic E-state index is 3.24. The number of hydrogen-bond acceptors (Lipinski definition) is 3. The Bertz CT molecular complexity index is 145. The Morgan fingerprint density at radius 1 is 1.46 bits per heavy atom. The van der Waals surface area contributed by atoms with Crippen molar-refractivity contribution in [3.8, 4) is 0 Å². The van der Waals surface area contributed by atoms with Gasteiger partial charge in [-0.15, -0.1) is 0 Å². The fourth-order valence-electron chi connectivity index (χ4n) is 2.22. The van der Waals surface area contributed by atoms with Gasteiger partial charge in [-0.05, 0) is 27.9 Å². The molecule has 13 heavy (non-hydrogen) atoms. The quantitative estimate of drug-likeness (QED) is 0.679. The van der Waals surface area contributed by atoms with E-state index >= 15 is 0 Å². The molecule has 0 spiro atoms. The molecule has 0 aromatic rings. The predicted octanol–water partition coefficient (Wildman–Crippen LogP) is 0.230. The van der Waals surface area contributed by atoms with Crippen molar-refractivity contribution < 1.29 is 0 Å². The molecule has 1 rings (SSSR count). The standard InChI is InChI=1S/C10H23N3/c1-9(7-11-3)13-6-5-12(4)8-10(13)2/h9-11H,5-8H2,1-4H3. The third-order valence-electron chi connectivity index (χ3n) is 2.95. The summed E-state index contributed by atoms with van der Waals surface area (Å²) in [4.78, 5) is 5.00. The van der Waals surface area contributed by atoms with E-state index in [4.69, 9.17) is 0 Å². The molecule has 3 nitrogen and oxygen atoms in total. The van der Waals surface area contributed by atoms with Crippen molar-refractivity contribution in [1.29, 1.82) is 0 Å². The van der Waals surface area contributed by atoms with E-state index < -0.39 is 0 Å². The smallest absolute Gasteiger partial charge is 0.0198 e. The molecule has 0 aliphatic carbocycles. The number of piperazine rings is 1. The maximum Gasteiger partial charge on any atom is 0.0198 e. The van der Waals surface area contributed by atoms with Gasteiger partial charge in [0.15, 0.2) is 0 Å². The summed E-state index contributed by atoms with van der Waals surface area (Å²) in [5, 5.41) is 3.24. The van der Waals surface area contributed by atoms with E-state index in [0.29, 0.717) is 12.1 Å². The van der Waals surface area contributed by atoms with E-state index in [9.17, 15) is 0 Å². The molecule has 0 saturated carbocycles. The largest absolute Gasteiger partial charge is 0.318 e. The van der Waals surface area contributed by atoms with Gasteiger partial charge in [0.05, 0.1) is 0 Å². The highest BCUT2D eigenvalue weighted by Crippen LogP contribution is 2.11. The van der Waals surface area contributed by atoms with E-state index in [0.717, 1.165) is 6.54 Å². The lowest BCUT2D eigenvalue weighted by Gasteiger charge is -2.41. The Balaban J connectivity index is 2.40. The van der Waals surface area contributed by atoms with Gasteiger partial charge in [-0.3, -0.25) is 4.90 Å². The first-order chi connectivity index (χ1) is 6.15. The van der Waals surface area contributed by atoms with Crippen molar-refractivity contribution in [2.24, 2.45) is 0 Å². The van der Waals surface area contributed by atoms with Crippen LogP contribution in [0.3, 0.4) is 0 Å². The van der Waals surface area contributed by atoms with Gasteiger partial charge >= 0.3 is 0 Å². The van der Waals surface area contributed by atoms with Crippen molar-refractivity contribution in [2.45, 2.75) is 25.9 Å². The Labute approximate surface area is 82.1 Å². The summed E-state index contributed by atoms with van der Waals surface area (Å²) in [6, 6.07) is 1.36. The number of nitrogens with one attached hydrogen (secondary N) is 1. The first-order valence-corrected chi connectivity index (χ1v) is 5.24. The molecule has 0 amide bonds. The average Bonchev–Trinajstić information content (AvgIpc) is 2.04. The van der Waals surface area contributed by atoms with E-state index in [1.165, 1.54) is 19.6 Å². The third kappa shape index (κ3) is 2.93. The third-order valence-corrected chi connectivity index (χ3v) is 2.95. The fraction of sp³-hybridized carbons (Fsp3) is 1.00. The zero-order chi connectivity index (χ0) is 9.84. The Morgan fingerprint density at radius 3 is 2.69 bits per heavy atom. The van der Waals surface area contributed by atoms with E-state index in [1.54, 1.807) is 0 Å². The zero-order valence-electron chi connectivity index (χ0n) is 9.38. The van der Waals surface area contributed by atoms with E-state index in [1.807, 2.05) is 7.05 Å². The minimum atomic E-state index is 0.661. The number of likely N-dealkylation sites (N-methyl/N-ethyl adjacent to an activating group) is 2. The highest BCUT2D eigenvalue weighted by Gasteiger charge is 2.24. The topological polar surface area (TPSA) is 18.5 Å². The molecule has 0 aromatic carbocycles. The van der Waals surface area contributed by atoms with Gasteiger partial charge in [-0.1, -0.05) is 0 Å². The normalized spacial score (nSPS) is 29.1. The van der Waals surface area contributed by atoms with Gasteiger partial charge in [0, 0.05) is 38.3 Å².